The highest BCUT2D eigenvalue weighted by Crippen LogP contribution is 2.15. The summed E-state index contributed by atoms with van der Waals surface area (Å²) in [6.45, 7) is 3.62. The molecular formula is C14H16O3. The molecule has 0 N–H and O–H groups in total. The maximum atomic E-state index is 11.2. The van der Waals surface area contributed by atoms with Gasteiger partial charge in [-0.2, -0.15) is 0 Å². The smallest absolute Gasteiger partial charge is 0.333 e. The van der Waals surface area contributed by atoms with Crippen molar-refractivity contribution in [2.45, 2.75) is 12.8 Å². The number of rotatable bonds is 6. The molecule has 1 aromatic rings. The third kappa shape index (κ3) is 4.23. The predicted molar refractivity (Wildman–Crippen MR) is 65.5 cm³/mol. The zero-order valence-corrected chi connectivity index (χ0v) is 9.89. The number of carbonyl (C=O) groups excluding carboxylic acids is 2. The SMILES string of the molecule is C=C(C[C@H](C=O)Cc1ccccc1)C(=O)OC. The van der Waals surface area contributed by atoms with E-state index in [0.717, 1.165) is 11.8 Å². The number of aldehydes is 1. The van der Waals surface area contributed by atoms with Crippen molar-refractivity contribution in [3.05, 3.63) is 48.0 Å². The van der Waals surface area contributed by atoms with Crippen LogP contribution in [0.4, 0.5) is 0 Å². The van der Waals surface area contributed by atoms with E-state index in [1.54, 1.807) is 0 Å². The number of methoxy groups -OCH3 is 1. The van der Waals surface area contributed by atoms with Gasteiger partial charge in [-0.25, -0.2) is 4.79 Å². The van der Waals surface area contributed by atoms with Crippen molar-refractivity contribution in [1.29, 1.82) is 0 Å². The first-order chi connectivity index (χ1) is 8.17. The molecule has 0 aliphatic rings. The highest BCUT2D eigenvalue weighted by Gasteiger charge is 2.15. The van der Waals surface area contributed by atoms with Crippen LogP contribution in [0.25, 0.3) is 0 Å². The quantitative estimate of drug-likeness (QED) is 0.429. The summed E-state index contributed by atoms with van der Waals surface area (Å²) in [6.07, 6.45) is 1.81. The largest absolute Gasteiger partial charge is 0.466 e. The van der Waals surface area contributed by atoms with Crippen LogP contribution in [0.2, 0.25) is 0 Å². The monoisotopic (exact) mass is 232 g/mol. The molecule has 0 saturated heterocycles. The summed E-state index contributed by atoms with van der Waals surface area (Å²) in [4.78, 5) is 22.1. The van der Waals surface area contributed by atoms with Gasteiger partial charge in [0.25, 0.3) is 0 Å². The molecule has 3 heteroatoms. The Labute approximate surface area is 101 Å². The highest BCUT2D eigenvalue weighted by atomic mass is 16.5. The van der Waals surface area contributed by atoms with Gasteiger partial charge in [0.05, 0.1) is 7.11 Å². The van der Waals surface area contributed by atoms with Crippen LogP contribution in [0.5, 0.6) is 0 Å². The summed E-state index contributed by atoms with van der Waals surface area (Å²) in [7, 11) is 1.31. The molecule has 0 aromatic heterocycles. The van der Waals surface area contributed by atoms with Gasteiger partial charge in [0.2, 0.25) is 0 Å². The Morgan fingerprint density at radius 1 is 1.41 bits per heavy atom. The summed E-state index contributed by atoms with van der Waals surface area (Å²) in [6, 6.07) is 9.68. The molecule has 0 spiro atoms. The van der Waals surface area contributed by atoms with Crippen molar-refractivity contribution in [3.63, 3.8) is 0 Å². The predicted octanol–water partition coefficient (Wildman–Crippen LogP) is 2.16. The molecule has 3 nitrogen and oxygen atoms in total. The number of hydrogen-bond donors (Lipinski definition) is 0. The second kappa shape index (κ2) is 6.63. The van der Waals surface area contributed by atoms with Gasteiger partial charge in [0.1, 0.15) is 6.29 Å². The fourth-order valence-electron chi connectivity index (χ4n) is 1.63. The van der Waals surface area contributed by atoms with E-state index >= 15 is 0 Å². The summed E-state index contributed by atoms with van der Waals surface area (Å²) in [5.74, 6) is -0.686. The van der Waals surface area contributed by atoms with Gasteiger partial charge in [0.15, 0.2) is 0 Å². The third-order valence-corrected chi connectivity index (χ3v) is 2.52. The molecule has 0 aliphatic carbocycles. The zero-order chi connectivity index (χ0) is 12.7. The second-order valence-corrected chi connectivity index (χ2v) is 3.89. The van der Waals surface area contributed by atoms with Gasteiger partial charge in [0, 0.05) is 11.5 Å². The Hall–Kier alpha value is -1.90. The lowest BCUT2D eigenvalue weighted by Gasteiger charge is -2.11. The third-order valence-electron chi connectivity index (χ3n) is 2.52. The average molecular weight is 232 g/mol. The number of esters is 1. The van der Waals surface area contributed by atoms with Crippen molar-refractivity contribution in [3.8, 4) is 0 Å². The van der Waals surface area contributed by atoms with Crippen LogP contribution < -0.4 is 0 Å². The topological polar surface area (TPSA) is 43.4 Å². The molecule has 0 fully saturated rings. The second-order valence-electron chi connectivity index (χ2n) is 3.89. The summed E-state index contributed by atoms with van der Waals surface area (Å²) >= 11 is 0. The van der Waals surface area contributed by atoms with Crippen molar-refractivity contribution >= 4 is 12.3 Å². The molecule has 1 atom stereocenters. The minimum atomic E-state index is -0.454. The maximum Gasteiger partial charge on any atom is 0.333 e. The van der Waals surface area contributed by atoms with Gasteiger partial charge in [-0.05, 0) is 18.4 Å². The molecule has 0 amide bonds. The fourth-order valence-corrected chi connectivity index (χ4v) is 1.63. The summed E-state index contributed by atoms with van der Waals surface area (Å²) < 4.78 is 4.55. The minimum absolute atomic E-state index is 0.232. The van der Waals surface area contributed by atoms with Crippen LogP contribution >= 0.6 is 0 Å². The summed E-state index contributed by atoms with van der Waals surface area (Å²) in [5, 5.41) is 0. The number of benzene rings is 1. The average Bonchev–Trinajstić information content (AvgIpc) is 2.38. The lowest BCUT2D eigenvalue weighted by molar-refractivity contribution is -0.136. The molecule has 0 saturated carbocycles. The van der Waals surface area contributed by atoms with Gasteiger partial charge in [-0.3, -0.25) is 0 Å². The van der Waals surface area contributed by atoms with E-state index in [1.807, 2.05) is 30.3 Å². The minimum Gasteiger partial charge on any atom is -0.466 e. The van der Waals surface area contributed by atoms with Crippen LogP contribution in [-0.2, 0) is 20.7 Å². The van der Waals surface area contributed by atoms with Gasteiger partial charge in [-0.1, -0.05) is 36.9 Å². The number of hydrogen-bond acceptors (Lipinski definition) is 3. The molecular weight excluding hydrogens is 216 g/mol. The molecule has 17 heavy (non-hydrogen) atoms. The van der Waals surface area contributed by atoms with Crippen LogP contribution in [0, 0.1) is 5.92 Å². The first-order valence-electron chi connectivity index (χ1n) is 5.42. The maximum absolute atomic E-state index is 11.2. The normalized spacial score (nSPS) is 11.6. The Morgan fingerprint density at radius 2 is 2.06 bits per heavy atom. The first-order valence-corrected chi connectivity index (χ1v) is 5.42. The van der Waals surface area contributed by atoms with E-state index in [0.29, 0.717) is 18.4 Å². The molecule has 0 radical (unpaired) electrons. The lowest BCUT2D eigenvalue weighted by atomic mass is 9.94. The molecule has 0 aliphatic heterocycles. The van der Waals surface area contributed by atoms with Gasteiger partial charge < -0.3 is 9.53 Å². The lowest BCUT2D eigenvalue weighted by Crippen LogP contribution is -2.12. The van der Waals surface area contributed by atoms with E-state index in [2.05, 4.69) is 11.3 Å². The van der Waals surface area contributed by atoms with E-state index in [4.69, 9.17) is 0 Å². The first kappa shape index (κ1) is 13.2. The molecule has 0 heterocycles. The Balaban J connectivity index is 2.58. The van der Waals surface area contributed by atoms with Gasteiger partial charge in [-0.15, -0.1) is 0 Å². The fraction of sp³-hybridized carbons (Fsp3) is 0.286. The Morgan fingerprint density at radius 3 is 2.59 bits per heavy atom. The van der Waals surface area contributed by atoms with E-state index in [1.165, 1.54) is 7.11 Å². The van der Waals surface area contributed by atoms with E-state index < -0.39 is 5.97 Å². The van der Waals surface area contributed by atoms with Crippen molar-refractivity contribution in [1.82, 2.24) is 0 Å². The molecule has 1 aromatic carbocycles. The van der Waals surface area contributed by atoms with Crippen LogP contribution in [0.1, 0.15) is 12.0 Å². The Bertz CT molecular complexity index is 395. The van der Waals surface area contributed by atoms with Crippen LogP contribution in [0.15, 0.2) is 42.5 Å². The van der Waals surface area contributed by atoms with Crippen molar-refractivity contribution in [2.75, 3.05) is 7.11 Å². The molecule has 0 bridgehead atoms. The summed E-state index contributed by atoms with van der Waals surface area (Å²) in [5.41, 5.74) is 1.41. The molecule has 90 valence electrons. The van der Waals surface area contributed by atoms with Crippen molar-refractivity contribution in [2.24, 2.45) is 5.92 Å². The number of carbonyl (C=O) groups is 2. The zero-order valence-electron chi connectivity index (χ0n) is 9.89. The Kier molecular flexibility index (Phi) is 5.14. The number of ether oxygens (including phenoxy) is 1. The standard InChI is InChI=1S/C14H16O3/c1-11(14(16)17-2)8-13(10-15)9-12-6-4-3-5-7-12/h3-7,10,13H,1,8-9H2,2H3/t13-/m0/s1. The highest BCUT2D eigenvalue weighted by molar-refractivity contribution is 5.88. The van der Waals surface area contributed by atoms with Crippen molar-refractivity contribution < 1.29 is 14.3 Å². The van der Waals surface area contributed by atoms with Crippen LogP contribution in [-0.4, -0.2) is 19.4 Å². The van der Waals surface area contributed by atoms with Crippen LogP contribution in [0.3, 0.4) is 0 Å². The molecule has 0 unspecified atom stereocenters. The van der Waals surface area contributed by atoms with E-state index in [9.17, 15) is 9.59 Å². The molecule has 1 rings (SSSR count). The van der Waals surface area contributed by atoms with E-state index in [-0.39, 0.29) is 5.92 Å². The van der Waals surface area contributed by atoms with Gasteiger partial charge >= 0.3 is 5.97 Å².